The van der Waals surface area contributed by atoms with E-state index < -0.39 is 10.0 Å². The first kappa shape index (κ1) is 14.3. The van der Waals surface area contributed by atoms with Crippen LogP contribution < -0.4 is 9.46 Å². The molecule has 114 valence electrons. The summed E-state index contributed by atoms with van der Waals surface area (Å²) in [5, 5.41) is 0.0942. The van der Waals surface area contributed by atoms with Crippen molar-refractivity contribution in [1.29, 1.82) is 0 Å². The van der Waals surface area contributed by atoms with Crippen molar-refractivity contribution < 1.29 is 13.2 Å². The third-order valence-electron chi connectivity index (χ3n) is 3.52. The van der Waals surface area contributed by atoms with Gasteiger partial charge in [-0.25, -0.2) is 18.1 Å². The van der Waals surface area contributed by atoms with Crippen molar-refractivity contribution in [2.24, 2.45) is 0 Å². The Hall–Kier alpha value is -1.60. The Morgan fingerprint density at radius 3 is 2.86 bits per heavy atom. The molecule has 2 aromatic rings. The summed E-state index contributed by atoms with van der Waals surface area (Å²) >= 11 is 0. The number of ether oxygens (including phenoxy) is 1. The van der Waals surface area contributed by atoms with Gasteiger partial charge in [-0.05, 0) is 25.3 Å². The molecule has 0 atom stereocenters. The van der Waals surface area contributed by atoms with Gasteiger partial charge in [0.15, 0.2) is 5.03 Å². The summed E-state index contributed by atoms with van der Waals surface area (Å²) < 4.78 is 34.7. The van der Waals surface area contributed by atoms with Gasteiger partial charge in [-0.2, -0.15) is 0 Å². The molecular weight excluding hydrogens is 290 g/mol. The first-order valence-corrected chi connectivity index (χ1v) is 8.60. The average molecular weight is 309 g/mol. The first-order valence-electron chi connectivity index (χ1n) is 7.12. The van der Waals surface area contributed by atoms with Gasteiger partial charge in [-0.3, -0.25) is 0 Å². The van der Waals surface area contributed by atoms with E-state index in [1.165, 1.54) is 0 Å². The van der Waals surface area contributed by atoms with Crippen LogP contribution in [0.2, 0.25) is 0 Å². The highest BCUT2D eigenvalue weighted by atomic mass is 32.2. The Morgan fingerprint density at radius 1 is 1.48 bits per heavy atom. The number of hydrogen-bond donors (Lipinski definition) is 1. The van der Waals surface area contributed by atoms with E-state index in [2.05, 4.69) is 9.71 Å². The van der Waals surface area contributed by atoms with Crippen LogP contribution in [0.25, 0.3) is 5.52 Å². The van der Waals surface area contributed by atoms with Crippen LogP contribution in [0.1, 0.15) is 32.0 Å². The van der Waals surface area contributed by atoms with Crippen LogP contribution in [0.3, 0.4) is 0 Å². The number of hydrogen-bond acceptors (Lipinski definition) is 4. The second-order valence-electron chi connectivity index (χ2n) is 5.30. The Morgan fingerprint density at radius 2 is 2.24 bits per heavy atom. The van der Waals surface area contributed by atoms with Gasteiger partial charge in [0.1, 0.15) is 11.6 Å². The van der Waals surface area contributed by atoms with Gasteiger partial charge in [-0.1, -0.05) is 6.92 Å². The molecule has 2 aromatic heterocycles. The van der Waals surface area contributed by atoms with E-state index in [-0.39, 0.29) is 11.1 Å². The molecule has 6 nitrogen and oxygen atoms in total. The van der Waals surface area contributed by atoms with Gasteiger partial charge in [0.2, 0.25) is 0 Å². The van der Waals surface area contributed by atoms with E-state index in [4.69, 9.17) is 4.74 Å². The summed E-state index contributed by atoms with van der Waals surface area (Å²) in [4.78, 5) is 4.36. The minimum Gasteiger partial charge on any atom is -0.497 e. The minimum atomic E-state index is -3.58. The maximum absolute atomic E-state index is 12.5. The molecule has 3 rings (SSSR count). The zero-order valence-corrected chi connectivity index (χ0v) is 13.0. The molecule has 0 saturated heterocycles. The van der Waals surface area contributed by atoms with Gasteiger partial charge in [0.25, 0.3) is 10.0 Å². The molecular formula is C14H19N3O3S. The fourth-order valence-electron chi connectivity index (χ4n) is 2.30. The van der Waals surface area contributed by atoms with E-state index >= 15 is 0 Å². The van der Waals surface area contributed by atoms with Crippen molar-refractivity contribution in [2.45, 2.75) is 43.7 Å². The lowest BCUT2D eigenvalue weighted by molar-refractivity contribution is 0.414. The van der Waals surface area contributed by atoms with Crippen molar-refractivity contribution in [1.82, 2.24) is 14.1 Å². The topological polar surface area (TPSA) is 72.7 Å². The Labute approximate surface area is 124 Å². The Bertz CT molecular complexity index is 763. The standard InChI is InChI=1S/C14H19N3O3S/c1-3-4-13-15-14(21(18,19)16-10-5-6-10)12-9-11(20-2)7-8-17(12)13/h7-10,16H,3-6H2,1-2H3. The summed E-state index contributed by atoms with van der Waals surface area (Å²) in [6.45, 7) is 2.04. The number of aryl methyl sites for hydroxylation is 1. The zero-order valence-electron chi connectivity index (χ0n) is 12.2. The van der Waals surface area contributed by atoms with Crippen molar-refractivity contribution >= 4 is 15.5 Å². The van der Waals surface area contributed by atoms with E-state index in [0.29, 0.717) is 11.3 Å². The lowest BCUT2D eigenvalue weighted by atomic mass is 10.3. The lowest BCUT2D eigenvalue weighted by Gasteiger charge is -2.04. The van der Waals surface area contributed by atoms with E-state index in [0.717, 1.165) is 31.5 Å². The van der Waals surface area contributed by atoms with Crippen LogP contribution in [-0.4, -0.2) is 31.0 Å². The third kappa shape index (κ3) is 2.75. The number of fused-ring (bicyclic) bond motifs is 1. The van der Waals surface area contributed by atoms with Crippen molar-refractivity contribution in [3.8, 4) is 5.75 Å². The first-order chi connectivity index (χ1) is 10.0. The molecule has 0 spiro atoms. The highest BCUT2D eigenvalue weighted by Gasteiger charge is 2.31. The molecule has 0 aromatic carbocycles. The molecule has 1 saturated carbocycles. The molecule has 21 heavy (non-hydrogen) atoms. The second kappa shape index (κ2) is 5.31. The van der Waals surface area contributed by atoms with Gasteiger partial charge in [0.05, 0.1) is 12.6 Å². The summed E-state index contributed by atoms with van der Waals surface area (Å²) in [5.74, 6) is 1.37. The van der Waals surface area contributed by atoms with Gasteiger partial charge >= 0.3 is 0 Å². The van der Waals surface area contributed by atoms with Gasteiger partial charge in [0, 0.05) is 24.7 Å². The van der Waals surface area contributed by atoms with E-state index in [9.17, 15) is 8.42 Å². The molecule has 0 bridgehead atoms. The van der Waals surface area contributed by atoms with Crippen LogP contribution in [-0.2, 0) is 16.4 Å². The molecule has 7 heteroatoms. The normalized spacial score (nSPS) is 15.5. The molecule has 1 aliphatic carbocycles. The second-order valence-corrected chi connectivity index (χ2v) is 6.93. The average Bonchev–Trinajstić information content (AvgIpc) is 3.18. The highest BCUT2D eigenvalue weighted by molar-refractivity contribution is 7.89. The Kier molecular flexibility index (Phi) is 3.62. The van der Waals surface area contributed by atoms with E-state index in [1.807, 2.05) is 17.5 Å². The smallest absolute Gasteiger partial charge is 0.260 e. The number of sulfonamides is 1. The molecule has 1 N–H and O–H groups in total. The fraction of sp³-hybridized carbons (Fsp3) is 0.500. The molecule has 2 heterocycles. The summed E-state index contributed by atoms with van der Waals surface area (Å²) in [6.07, 6.45) is 5.24. The molecule has 0 aliphatic heterocycles. The number of pyridine rings is 1. The van der Waals surface area contributed by atoms with Crippen molar-refractivity contribution in [2.75, 3.05) is 7.11 Å². The maximum Gasteiger partial charge on any atom is 0.260 e. The predicted octanol–water partition coefficient (Wildman–Crippen LogP) is 1.74. The van der Waals surface area contributed by atoms with Crippen molar-refractivity contribution in [3.63, 3.8) is 0 Å². The summed E-state index contributed by atoms with van der Waals surface area (Å²) in [6, 6.07) is 3.58. The largest absolute Gasteiger partial charge is 0.497 e. The predicted molar refractivity (Wildman–Crippen MR) is 79.1 cm³/mol. The van der Waals surface area contributed by atoms with Crippen LogP contribution in [0, 0.1) is 0 Å². The zero-order chi connectivity index (χ0) is 15.0. The molecule has 1 fully saturated rings. The molecule has 0 unspecified atom stereocenters. The summed E-state index contributed by atoms with van der Waals surface area (Å²) in [5.41, 5.74) is 0.561. The molecule has 1 aliphatic rings. The van der Waals surface area contributed by atoms with Gasteiger partial charge in [-0.15, -0.1) is 0 Å². The van der Waals surface area contributed by atoms with Crippen LogP contribution in [0.5, 0.6) is 5.75 Å². The maximum atomic E-state index is 12.5. The number of rotatable bonds is 6. The quantitative estimate of drug-likeness (QED) is 0.882. The van der Waals surface area contributed by atoms with Crippen LogP contribution in [0.4, 0.5) is 0 Å². The van der Waals surface area contributed by atoms with Crippen LogP contribution >= 0.6 is 0 Å². The number of methoxy groups -OCH3 is 1. The number of nitrogens with zero attached hydrogens (tertiary/aromatic N) is 2. The monoisotopic (exact) mass is 309 g/mol. The molecule has 0 radical (unpaired) electrons. The Balaban J connectivity index is 2.15. The lowest BCUT2D eigenvalue weighted by Crippen LogP contribution is -2.26. The van der Waals surface area contributed by atoms with E-state index in [1.54, 1.807) is 19.2 Å². The van der Waals surface area contributed by atoms with Crippen LogP contribution in [0.15, 0.2) is 23.4 Å². The SMILES string of the molecule is CCCc1nc(S(=O)(=O)NC2CC2)c2cc(OC)ccn12. The minimum absolute atomic E-state index is 0.0620. The molecule has 0 amide bonds. The number of aromatic nitrogens is 2. The highest BCUT2D eigenvalue weighted by Crippen LogP contribution is 2.26. The third-order valence-corrected chi connectivity index (χ3v) is 4.97. The van der Waals surface area contributed by atoms with Gasteiger partial charge < -0.3 is 9.14 Å². The number of imidazole rings is 1. The fourth-order valence-corrected chi connectivity index (χ4v) is 3.74. The van der Waals surface area contributed by atoms with Crippen molar-refractivity contribution in [3.05, 3.63) is 24.2 Å². The summed E-state index contributed by atoms with van der Waals surface area (Å²) in [7, 11) is -2.02. The number of nitrogens with one attached hydrogen (secondary N) is 1.